The van der Waals surface area contributed by atoms with E-state index in [-0.39, 0.29) is 11.8 Å². The number of likely N-dealkylation sites (tertiary alicyclic amines) is 1. The van der Waals surface area contributed by atoms with Crippen LogP contribution in [0.25, 0.3) is 0 Å². The van der Waals surface area contributed by atoms with E-state index in [1.807, 2.05) is 0 Å². The van der Waals surface area contributed by atoms with Crippen LogP contribution in [0.4, 0.5) is 13.2 Å². The number of nitrogens with two attached hydrogens (primary N) is 1. The summed E-state index contributed by atoms with van der Waals surface area (Å²) in [5, 5.41) is 3.67. The lowest BCUT2D eigenvalue weighted by Crippen LogP contribution is -2.29. The molecule has 0 radical (unpaired) electrons. The van der Waals surface area contributed by atoms with Crippen molar-refractivity contribution < 1.29 is 17.7 Å². The molecule has 4 nitrogen and oxygen atoms in total. The quantitative estimate of drug-likeness (QED) is 0.905. The molecule has 2 aliphatic rings. The zero-order valence-corrected chi connectivity index (χ0v) is 14.1. The van der Waals surface area contributed by atoms with E-state index in [1.54, 1.807) is 0 Å². The third-order valence-corrected chi connectivity index (χ3v) is 5.62. The lowest BCUT2D eigenvalue weighted by Gasteiger charge is -2.27. The van der Waals surface area contributed by atoms with Crippen molar-refractivity contribution >= 4 is 0 Å². The van der Waals surface area contributed by atoms with E-state index in [0.717, 1.165) is 50.9 Å². The summed E-state index contributed by atoms with van der Waals surface area (Å²) in [6.45, 7) is 4.75. The molecule has 2 N–H and O–H groups in total. The molecule has 0 bridgehead atoms. The average Bonchev–Trinajstić information content (AvgIpc) is 3.13. The van der Waals surface area contributed by atoms with Crippen molar-refractivity contribution in [1.29, 1.82) is 0 Å². The van der Waals surface area contributed by atoms with Gasteiger partial charge in [-0.25, -0.2) is 0 Å². The Morgan fingerprint density at radius 3 is 2.58 bits per heavy atom. The highest BCUT2D eigenvalue weighted by molar-refractivity contribution is 5.16. The minimum Gasteiger partial charge on any atom is -0.351 e. The molecule has 7 heteroatoms. The predicted molar refractivity (Wildman–Crippen MR) is 84.4 cm³/mol. The normalized spacial score (nSPS) is 32.4. The number of aromatic nitrogens is 1. The first-order valence-corrected chi connectivity index (χ1v) is 8.84. The molecule has 0 aromatic carbocycles. The van der Waals surface area contributed by atoms with Crippen molar-refractivity contribution in [3.8, 4) is 0 Å². The van der Waals surface area contributed by atoms with Gasteiger partial charge in [-0.05, 0) is 50.5 Å². The monoisotopic (exact) mass is 345 g/mol. The maximum atomic E-state index is 12.7. The summed E-state index contributed by atoms with van der Waals surface area (Å²) in [6.07, 6.45) is 1.32. The Morgan fingerprint density at radius 2 is 1.96 bits per heavy atom. The highest BCUT2D eigenvalue weighted by Gasteiger charge is 2.39. The zero-order chi connectivity index (χ0) is 17.3. The summed E-state index contributed by atoms with van der Waals surface area (Å²) in [7, 11) is 0. The van der Waals surface area contributed by atoms with Gasteiger partial charge in [-0.15, -0.1) is 0 Å². The van der Waals surface area contributed by atoms with Crippen molar-refractivity contribution in [2.45, 2.75) is 57.2 Å². The standard InChI is InChI=1S/C17H26F3N3O/c1-11-9-23(7-6-12-2-4-13(21)5-3-12)10-14(11)15-8-16(24-22-15)17(18,19)20/h8,11-14H,2-7,9-10,21H2,1H3/t11-,12?,13?,14-/m0/s1. The fourth-order valence-electron chi connectivity index (χ4n) is 4.07. The SMILES string of the molecule is C[C@H]1CN(CCC2CCC(N)CC2)C[C@@H]1c1cc(C(F)(F)F)on1. The van der Waals surface area contributed by atoms with Crippen molar-refractivity contribution in [2.75, 3.05) is 19.6 Å². The van der Waals surface area contributed by atoms with Gasteiger partial charge in [0.15, 0.2) is 0 Å². The lowest BCUT2D eigenvalue weighted by atomic mass is 9.84. The first-order valence-electron chi connectivity index (χ1n) is 8.84. The summed E-state index contributed by atoms with van der Waals surface area (Å²) in [6, 6.07) is 1.43. The number of alkyl halides is 3. The summed E-state index contributed by atoms with van der Waals surface area (Å²) >= 11 is 0. The molecule has 1 aromatic rings. The van der Waals surface area contributed by atoms with Crippen molar-refractivity contribution in [1.82, 2.24) is 10.1 Å². The minimum absolute atomic E-state index is 0.0182. The predicted octanol–water partition coefficient (Wildman–Crippen LogP) is 3.64. The van der Waals surface area contributed by atoms with Gasteiger partial charge in [-0.1, -0.05) is 12.1 Å². The molecule has 2 fully saturated rings. The van der Waals surface area contributed by atoms with E-state index < -0.39 is 11.9 Å². The van der Waals surface area contributed by atoms with Crippen molar-refractivity contribution in [3.05, 3.63) is 17.5 Å². The van der Waals surface area contributed by atoms with Gasteiger partial charge in [0, 0.05) is 31.1 Å². The van der Waals surface area contributed by atoms with Crippen LogP contribution in [0.15, 0.2) is 10.6 Å². The van der Waals surface area contributed by atoms with E-state index in [0.29, 0.717) is 11.7 Å². The van der Waals surface area contributed by atoms with Gasteiger partial charge in [0.25, 0.3) is 0 Å². The number of hydrogen-bond acceptors (Lipinski definition) is 4. The molecule has 24 heavy (non-hydrogen) atoms. The molecular formula is C17H26F3N3O. The zero-order valence-electron chi connectivity index (χ0n) is 14.1. The van der Waals surface area contributed by atoms with E-state index >= 15 is 0 Å². The van der Waals surface area contributed by atoms with Crippen LogP contribution in [-0.4, -0.2) is 35.7 Å². The highest BCUT2D eigenvalue weighted by Crippen LogP contribution is 2.36. The Bertz CT molecular complexity index is 537. The smallest absolute Gasteiger partial charge is 0.351 e. The van der Waals surface area contributed by atoms with Crippen LogP contribution < -0.4 is 5.73 Å². The molecule has 136 valence electrons. The van der Waals surface area contributed by atoms with Gasteiger partial charge >= 0.3 is 6.18 Å². The Kier molecular flexibility index (Phi) is 5.20. The fraction of sp³-hybridized carbons (Fsp3) is 0.824. The van der Waals surface area contributed by atoms with E-state index in [1.165, 1.54) is 12.8 Å². The number of nitrogens with zero attached hydrogens (tertiary/aromatic N) is 2. The second-order valence-corrected chi connectivity index (χ2v) is 7.53. The van der Waals surface area contributed by atoms with E-state index in [9.17, 15) is 13.2 Å². The Hall–Kier alpha value is -1.08. The average molecular weight is 345 g/mol. The summed E-state index contributed by atoms with van der Waals surface area (Å²) in [5.41, 5.74) is 6.37. The first-order chi connectivity index (χ1) is 11.3. The molecule has 1 saturated carbocycles. The summed E-state index contributed by atoms with van der Waals surface area (Å²) in [5.74, 6) is 0.0466. The topological polar surface area (TPSA) is 55.3 Å². The van der Waals surface area contributed by atoms with E-state index in [4.69, 9.17) is 5.73 Å². The van der Waals surface area contributed by atoms with E-state index in [2.05, 4.69) is 21.5 Å². The molecule has 1 saturated heterocycles. The van der Waals surface area contributed by atoms with Gasteiger partial charge in [0.05, 0.1) is 5.69 Å². The lowest BCUT2D eigenvalue weighted by molar-refractivity contribution is -0.155. The fourth-order valence-corrected chi connectivity index (χ4v) is 4.07. The molecule has 1 aliphatic carbocycles. The maximum Gasteiger partial charge on any atom is 0.452 e. The van der Waals surface area contributed by atoms with Crippen molar-refractivity contribution in [3.63, 3.8) is 0 Å². The van der Waals surface area contributed by atoms with Crippen LogP contribution in [0.2, 0.25) is 0 Å². The van der Waals surface area contributed by atoms with Crippen LogP contribution in [0, 0.1) is 11.8 Å². The molecule has 1 aliphatic heterocycles. The number of hydrogen-bond donors (Lipinski definition) is 1. The molecule has 1 aromatic heterocycles. The van der Waals surface area contributed by atoms with Gasteiger partial charge in [-0.3, -0.25) is 0 Å². The maximum absolute atomic E-state index is 12.7. The minimum atomic E-state index is -4.46. The number of halogens is 3. The van der Waals surface area contributed by atoms with Gasteiger partial charge in [0.1, 0.15) is 0 Å². The first kappa shape index (κ1) is 17.7. The molecule has 0 spiro atoms. The Labute approximate surface area is 140 Å². The second-order valence-electron chi connectivity index (χ2n) is 7.53. The van der Waals surface area contributed by atoms with Gasteiger partial charge < -0.3 is 15.2 Å². The summed E-state index contributed by atoms with van der Waals surface area (Å²) < 4.78 is 42.5. The van der Waals surface area contributed by atoms with Crippen LogP contribution in [0.5, 0.6) is 0 Å². The highest BCUT2D eigenvalue weighted by atomic mass is 19.4. The second kappa shape index (κ2) is 7.04. The third kappa shape index (κ3) is 4.11. The largest absolute Gasteiger partial charge is 0.452 e. The van der Waals surface area contributed by atoms with Crippen LogP contribution in [-0.2, 0) is 6.18 Å². The molecule has 0 amide bonds. The Morgan fingerprint density at radius 1 is 1.25 bits per heavy atom. The van der Waals surface area contributed by atoms with Crippen LogP contribution in [0.3, 0.4) is 0 Å². The molecule has 2 atom stereocenters. The molecule has 3 rings (SSSR count). The van der Waals surface area contributed by atoms with Crippen LogP contribution in [0.1, 0.15) is 56.4 Å². The molecule has 0 unspecified atom stereocenters. The van der Waals surface area contributed by atoms with Crippen molar-refractivity contribution in [2.24, 2.45) is 17.6 Å². The van der Waals surface area contributed by atoms with Gasteiger partial charge in [0.2, 0.25) is 5.76 Å². The summed E-state index contributed by atoms with van der Waals surface area (Å²) in [4.78, 5) is 2.35. The number of rotatable bonds is 4. The molecular weight excluding hydrogens is 319 g/mol. The Balaban J connectivity index is 1.52. The molecule has 2 heterocycles. The third-order valence-electron chi connectivity index (χ3n) is 5.62. The van der Waals surface area contributed by atoms with Crippen LogP contribution >= 0.6 is 0 Å². The van der Waals surface area contributed by atoms with Gasteiger partial charge in [-0.2, -0.15) is 13.2 Å².